The molecule has 1 aliphatic rings. The summed E-state index contributed by atoms with van der Waals surface area (Å²) < 4.78 is 2.41. The van der Waals surface area contributed by atoms with E-state index in [0.29, 0.717) is 18.5 Å². The van der Waals surface area contributed by atoms with Gasteiger partial charge in [0.15, 0.2) is 0 Å². The molecule has 3 nitrogen and oxygen atoms in total. The molecule has 1 atom stereocenters. The van der Waals surface area contributed by atoms with E-state index >= 15 is 0 Å². The Morgan fingerprint density at radius 2 is 2.32 bits per heavy atom. The van der Waals surface area contributed by atoms with Crippen LogP contribution in [0, 0.1) is 0 Å². The number of nitrogens with two attached hydrogens (primary N) is 1. The first-order valence-electron chi connectivity index (χ1n) is 6.99. The van der Waals surface area contributed by atoms with E-state index in [9.17, 15) is 0 Å². The van der Waals surface area contributed by atoms with Gasteiger partial charge in [-0.3, -0.25) is 0 Å². The molecule has 1 aliphatic heterocycles. The zero-order valence-electron chi connectivity index (χ0n) is 11.6. The molecule has 3 rings (SSSR count). The lowest BCUT2D eigenvalue weighted by atomic mass is 10.1. The van der Waals surface area contributed by atoms with Crippen molar-refractivity contribution in [2.24, 2.45) is 5.73 Å². The van der Waals surface area contributed by atoms with Gasteiger partial charge in [0.25, 0.3) is 0 Å². The van der Waals surface area contributed by atoms with Crippen LogP contribution < -0.4 is 5.73 Å². The number of nitrogens with zero attached hydrogens (tertiary/aromatic N) is 2. The second-order valence-corrected chi connectivity index (χ2v) is 6.67. The van der Waals surface area contributed by atoms with Gasteiger partial charge < -0.3 is 10.3 Å². The first-order valence-corrected chi connectivity index (χ1v) is 8.14. The molecular weight excluding hydrogens is 254 g/mol. The summed E-state index contributed by atoms with van der Waals surface area (Å²) in [7, 11) is 0. The number of rotatable bonds is 3. The van der Waals surface area contributed by atoms with E-state index in [0.717, 1.165) is 11.1 Å². The maximum atomic E-state index is 5.73. The van der Waals surface area contributed by atoms with Crippen LogP contribution >= 0.6 is 11.8 Å². The molecule has 19 heavy (non-hydrogen) atoms. The minimum Gasteiger partial charge on any atom is -0.326 e. The summed E-state index contributed by atoms with van der Waals surface area (Å²) in [6.45, 7) is 5.06. The molecule has 1 unspecified atom stereocenters. The van der Waals surface area contributed by atoms with Gasteiger partial charge in [-0.1, -0.05) is 6.07 Å². The van der Waals surface area contributed by atoms with Gasteiger partial charge in [0.05, 0.1) is 11.0 Å². The standard InChI is InChI=1S/C15H21N3S/c1-10(2)18-14-4-3-11(8-16)7-13(14)17-15(18)12-5-6-19-9-12/h3-4,7,10,12H,5-6,8-9,16H2,1-2H3. The van der Waals surface area contributed by atoms with Crippen molar-refractivity contribution in [2.75, 3.05) is 11.5 Å². The summed E-state index contributed by atoms with van der Waals surface area (Å²) in [5, 5.41) is 0. The SMILES string of the molecule is CC(C)n1c(C2CCSC2)nc2cc(CN)ccc21. The topological polar surface area (TPSA) is 43.8 Å². The number of hydrogen-bond donors (Lipinski definition) is 1. The second kappa shape index (κ2) is 5.17. The number of imidazole rings is 1. The van der Waals surface area contributed by atoms with E-state index in [4.69, 9.17) is 10.7 Å². The van der Waals surface area contributed by atoms with Crippen LogP contribution in [-0.2, 0) is 6.54 Å². The van der Waals surface area contributed by atoms with Gasteiger partial charge in [-0.05, 0) is 43.7 Å². The molecule has 0 radical (unpaired) electrons. The van der Waals surface area contributed by atoms with Crippen LogP contribution in [0.25, 0.3) is 11.0 Å². The maximum absolute atomic E-state index is 5.73. The lowest BCUT2D eigenvalue weighted by molar-refractivity contribution is 0.554. The lowest BCUT2D eigenvalue weighted by Crippen LogP contribution is -2.10. The Balaban J connectivity index is 2.16. The molecule has 2 aromatic rings. The quantitative estimate of drug-likeness (QED) is 0.934. The molecule has 1 aromatic heterocycles. The van der Waals surface area contributed by atoms with Crippen LogP contribution in [0.15, 0.2) is 18.2 Å². The van der Waals surface area contributed by atoms with Gasteiger partial charge in [-0.15, -0.1) is 0 Å². The number of fused-ring (bicyclic) bond motifs is 1. The zero-order chi connectivity index (χ0) is 13.4. The molecular formula is C15H21N3S. The minimum atomic E-state index is 0.453. The highest BCUT2D eigenvalue weighted by molar-refractivity contribution is 7.99. The Morgan fingerprint density at radius 3 is 2.95 bits per heavy atom. The molecule has 1 aromatic carbocycles. The van der Waals surface area contributed by atoms with Gasteiger partial charge in [0, 0.05) is 24.3 Å². The number of hydrogen-bond acceptors (Lipinski definition) is 3. The first-order chi connectivity index (χ1) is 9.20. The van der Waals surface area contributed by atoms with E-state index in [2.05, 4.69) is 36.6 Å². The van der Waals surface area contributed by atoms with Crippen LogP contribution in [0.3, 0.4) is 0 Å². The van der Waals surface area contributed by atoms with E-state index in [-0.39, 0.29) is 0 Å². The van der Waals surface area contributed by atoms with Gasteiger partial charge in [-0.2, -0.15) is 11.8 Å². The summed E-state index contributed by atoms with van der Waals surface area (Å²) in [6.07, 6.45) is 1.25. The molecule has 4 heteroatoms. The fraction of sp³-hybridized carbons (Fsp3) is 0.533. The van der Waals surface area contributed by atoms with Gasteiger partial charge >= 0.3 is 0 Å². The number of benzene rings is 1. The van der Waals surface area contributed by atoms with E-state index in [1.54, 1.807) is 0 Å². The van der Waals surface area contributed by atoms with Gasteiger partial charge in [0.1, 0.15) is 5.82 Å². The van der Waals surface area contributed by atoms with Crippen molar-refractivity contribution in [3.63, 3.8) is 0 Å². The Morgan fingerprint density at radius 1 is 1.47 bits per heavy atom. The third-order valence-corrected chi connectivity index (χ3v) is 4.99. The lowest BCUT2D eigenvalue weighted by Gasteiger charge is -2.16. The van der Waals surface area contributed by atoms with Crippen molar-refractivity contribution in [1.82, 2.24) is 9.55 Å². The Kier molecular flexibility index (Phi) is 3.54. The van der Waals surface area contributed by atoms with E-state index < -0.39 is 0 Å². The van der Waals surface area contributed by atoms with Crippen LogP contribution in [0.1, 0.15) is 43.6 Å². The van der Waals surface area contributed by atoms with Crippen LogP contribution in [0.5, 0.6) is 0 Å². The monoisotopic (exact) mass is 275 g/mol. The maximum Gasteiger partial charge on any atom is 0.114 e. The van der Waals surface area contributed by atoms with Gasteiger partial charge in [-0.25, -0.2) is 4.98 Å². The highest BCUT2D eigenvalue weighted by Crippen LogP contribution is 2.35. The van der Waals surface area contributed by atoms with Crippen molar-refractivity contribution in [3.8, 4) is 0 Å². The molecule has 2 heterocycles. The summed E-state index contributed by atoms with van der Waals surface area (Å²) in [5.41, 5.74) is 9.24. The molecule has 0 bridgehead atoms. The largest absolute Gasteiger partial charge is 0.326 e. The minimum absolute atomic E-state index is 0.453. The van der Waals surface area contributed by atoms with Crippen LogP contribution in [0.2, 0.25) is 0 Å². The molecule has 102 valence electrons. The van der Waals surface area contributed by atoms with Gasteiger partial charge in [0.2, 0.25) is 0 Å². The van der Waals surface area contributed by atoms with Crippen LogP contribution in [0.4, 0.5) is 0 Å². The average Bonchev–Trinajstić information content (AvgIpc) is 3.04. The Labute approximate surface area is 118 Å². The van der Waals surface area contributed by atoms with E-state index in [1.807, 2.05) is 11.8 Å². The Bertz CT molecular complexity index is 582. The number of aromatic nitrogens is 2. The van der Waals surface area contributed by atoms with Crippen molar-refractivity contribution in [2.45, 2.75) is 38.8 Å². The molecule has 0 spiro atoms. The van der Waals surface area contributed by atoms with Crippen molar-refractivity contribution >= 4 is 22.8 Å². The fourth-order valence-electron chi connectivity index (χ4n) is 2.86. The second-order valence-electron chi connectivity index (χ2n) is 5.52. The summed E-state index contributed by atoms with van der Waals surface area (Å²) in [4.78, 5) is 4.92. The first kappa shape index (κ1) is 13.0. The Hall–Kier alpha value is -1.00. The zero-order valence-corrected chi connectivity index (χ0v) is 12.4. The molecule has 1 fully saturated rings. The summed E-state index contributed by atoms with van der Waals surface area (Å²) in [6, 6.07) is 6.89. The van der Waals surface area contributed by atoms with E-state index in [1.165, 1.54) is 29.3 Å². The molecule has 0 amide bonds. The van der Waals surface area contributed by atoms with Crippen molar-refractivity contribution in [3.05, 3.63) is 29.6 Å². The molecule has 0 aliphatic carbocycles. The smallest absolute Gasteiger partial charge is 0.114 e. The molecule has 1 saturated heterocycles. The average molecular weight is 275 g/mol. The normalized spacial score (nSPS) is 19.7. The molecule has 2 N–H and O–H groups in total. The molecule has 0 saturated carbocycles. The van der Waals surface area contributed by atoms with Crippen molar-refractivity contribution in [1.29, 1.82) is 0 Å². The highest BCUT2D eigenvalue weighted by Gasteiger charge is 2.25. The van der Waals surface area contributed by atoms with Crippen molar-refractivity contribution < 1.29 is 0 Å². The predicted octanol–water partition coefficient (Wildman–Crippen LogP) is 3.30. The summed E-state index contributed by atoms with van der Waals surface area (Å²) >= 11 is 2.04. The number of thioether (sulfide) groups is 1. The highest BCUT2D eigenvalue weighted by atomic mass is 32.2. The predicted molar refractivity (Wildman–Crippen MR) is 82.7 cm³/mol. The third-order valence-electron chi connectivity index (χ3n) is 3.83. The fourth-order valence-corrected chi connectivity index (χ4v) is 4.08. The van der Waals surface area contributed by atoms with Crippen LogP contribution in [-0.4, -0.2) is 21.1 Å². The third kappa shape index (κ3) is 2.28. The summed E-state index contributed by atoms with van der Waals surface area (Å²) in [5.74, 6) is 4.35.